The Morgan fingerprint density at radius 3 is 2.25 bits per heavy atom. The molecule has 16 heavy (non-hydrogen) atoms. The first-order valence-electron chi connectivity index (χ1n) is 4.72. The maximum atomic E-state index is 11.8. The molecule has 1 aliphatic heterocycles. The Balaban J connectivity index is 2.19. The van der Waals surface area contributed by atoms with Crippen LogP contribution in [0.1, 0.15) is 20.7 Å². The molecule has 2 rings (SSSR count). The number of nitrogens with zero attached hydrogens (tertiary/aromatic N) is 2. The molecule has 0 atom stereocenters. The topological polar surface area (TPSA) is 61.2 Å². The second-order valence-corrected chi connectivity index (χ2v) is 5.09. The van der Waals surface area contributed by atoms with Crippen molar-refractivity contribution in [3.05, 3.63) is 35.4 Å². The zero-order valence-electron chi connectivity index (χ0n) is 8.34. The Kier molecular flexibility index (Phi) is 3.04. The van der Waals surface area contributed by atoms with Crippen LogP contribution in [-0.2, 0) is 0 Å². The summed E-state index contributed by atoms with van der Waals surface area (Å²) in [5, 5.41) is 9.03. The summed E-state index contributed by atoms with van der Waals surface area (Å²) >= 11 is -0.157. The van der Waals surface area contributed by atoms with Gasteiger partial charge in [0.25, 0.3) is 0 Å². The van der Waals surface area contributed by atoms with Crippen LogP contribution in [0, 0.1) is 10.2 Å². The van der Waals surface area contributed by atoms with Gasteiger partial charge in [0.05, 0.1) is 0 Å². The third-order valence-electron chi connectivity index (χ3n) is 2.36. The predicted octanol–water partition coefficient (Wildman–Crippen LogP) is 0.886. The Morgan fingerprint density at radius 2 is 1.75 bits per heavy atom. The summed E-state index contributed by atoms with van der Waals surface area (Å²) in [6, 6.07) is 6.80. The molecule has 0 aliphatic carbocycles. The van der Waals surface area contributed by atoms with E-state index in [4.69, 9.17) is 5.26 Å². The van der Waals surface area contributed by atoms with Gasteiger partial charge < -0.3 is 0 Å². The molecule has 80 valence electrons. The van der Waals surface area contributed by atoms with Gasteiger partial charge in [-0.3, -0.25) is 0 Å². The summed E-state index contributed by atoms with van der Waals surface area (Å²) < 4.78 is 0. The fourth-order valence-corrected chi connectivity index (χ4v) is 2.39. The molecule has 4 nitrogen and oxygen atoms in total. The average Bonchev–Trinajstić information content (AvgIpc) is 2.55. The van der Waals surface area contributed by atoms with Crippen LogP contribution in [0.5, 0.6) is 0 Å². The number of hydrogen-bond acceptors (Lipinski definition) is 3. The molecule has 0 N–H and O–H groups in total. The number of hydrogen-bond donors (Lipinski definition) is 0. The van der Waals surface area contributed by atoms with E-state index < -0.39 is 0 Å². The number of amides is 2. The number of fused-ring (bicyclic) bond motifs is 1. The van der Waals surface area contributed by atoms with Gasteiger partial charge in [-0.15, -0.1) is 0 Å². The molecule has 0 aromatic heterocycles. The Labute approximate surface area is 99.0 Å². The fraction of sp³-hybridized carbons (Fsp3) is 0.182. The van der Waals surface area contributed by atoms with Gasteiger partial charge in [0.15, 0.2) is 0 Å². The first-order chi connectivity index (χ1) is 7.75. The quantitative estimate of drug-likeness (QED) is 0.469. The zero-order chi connectivity index (χ0) is 11.5. The van der Waals surface area contributed by atoms with E-state index in [2.05, 4.69) is 4.97 Å². The molecule has 2 amide bonds. The van der Waals surface area contributed by atoms with Crippen LogP contribution in [0.15, 0.2) is 24.3 Å². The van der Waals surface area contributed by atoms with Crippen molar-refractivity contribution in [1.82, 2.24) is 4.90 Å². The third kappa shape index (κ3) is 1.73. The van der Waals surface area contributed by atoms with Crippen LogP contribution in [0.2, 0.25) is 5.32 Å². The van der Waals surface area contributed by atoms with E-state index in [1.807, 2.05) is 0 Å². The molecule has 0 unspecified atom stereocenters. The normalized spacial score (nSPS) is 13.8. The first-order valence-corrected chi connectivity index (χ1v) is 6.78. The molecule has 0 bridgehead atoms. The van der Waals surface area contributed by atoms with Gasteiger partial charge in [0.2, 0.25) is 0 Å². The van der Waals surface area contributed by atoms with Crippen LogP contribution >= 0.6 is 0 Å². The van der Waals surface area contributed by atoms with Crippen LogP contribution in [0.25, 0.3) is 0 Å². The van der Waals surface area contributed by atoms with Crippen molar-refractivity contribution in [3.63, 3.8) is 0 Å². The molecule has 1 heterocycles. The van der Waals surface area contributed by atoms with Gasteiger partial charge >= 0.3 is 98.7 Å². The van der Waals surface area contributed by atoms with Crippen molar-refractivity contribution in [2.75, 3.05) is 6.54 Å². The molecule has 0 spiro atoms. The second-order valence-electron chi connectivity index (χ2n) is 3.25. The number of carbonyl (C=O) groups excluding carboxylic acids is 2. The molecular weight excluding hydrogens is 271 g/mol. The number of nitriles is 1. The Hall–Kier alpha value is -1.63. The summed E-state index contributed by atoms with van der Waals surface area (Å²) in [6.07, 6.45) is 0. The number of rotatable bonds is 3. The average molecular weight is 279 g/mol. The number of carbonyl (C=O) groups is 2. The van der Waals surface area contributed by atoms with E-state index in [0.717, 1.165) is 0 Å². The summed E-state index contributed by atoms with van der Waals surface area (Å²) in [6.45, 7) is 0.347. The zero-order valence-corrected chi connectivity index (χ0v) is 10.1. The van der Waals surface area contributed by atoms with Crippen molar-refractivity contribution in [2.45, 2.75) is 5.32 Å². The van der Waals surface area contributed by atoms with Crippen LogP contribution < -0.4 is 0 Å². The fourth-order valence-electron chi connectivity index (χ4n) is 1.62. The summed E-state index contributed by atoms with van der Waals surface area (Å²) in [5.41, 5.74) is 0.939. The van der Waals surface area contributed by atoms with E-state index in [1.54, 1.807) is 24.3 Å². The number of benzene rings is 1. The van der Waals surface area contributed by atoms with Gasteiger partial charge in [-0.05, 0) is 0 Å². The molecule has 1 aromatic rings. The van der Waals surface area contributed by atoms with Gasteiger partial charge in [0.1, 0.15) is 0 Å². The van der Waals surface area contributed by atoms with E-state index in [1.165, 1.54) is 4.90 Å². The van der Waals surface area contributed by atoms with E-state index in [0.29, 0.717) is 23.0 Å². The Bertz CT molecular complexity index is 458. The van der Waals surface area contributed by atoms with Gasteiger partial charge in [-0.1, -0.05) is 0 Å². The summed E-state index contributed by atoms with van der Waals surface area (Å²) in [7, 11) is 0. The van der Waals surface area contributed by atoms with Crippen molar-refractivity contribution in [1.29, 1.82) is 5.26 Å². The summed E-state index contributed by atoms with van der Waals surface area (Å²) in [5.74, 6) is -0.483. The van der Waals surface area contributed by atoms with Crippen molar-refractivity contribution in [3.8, 4) is 4.97 Å². The van der Waals surface area contributed by atoms with Crippen molar-refractivity contribution in [2.24, 2.45) is 0 Å². The van der Waals surface area contributed by atoms with Crippen LogP contribution in [-0.4, -0.2) is 38.2 Å². The monoisotopic (exact) mass is 280 g/mol. The van der Waals surface area contributed by atoms with Crippen LogP contribution in [0.4, 0.5) is 0 Å². The predicted molar refractivity (Wildman–Crippen MR) is 58.0 cm³/mol. The SMILES string of the molecule is N#C[Se]CCN1C(=O)c2ccccc2C1=O. The van der Waals surface area contributed by atoms with E-state index in [9.17, 15) is 9.59 Å². The minimum absolute atomic E-state index is 0.157. The molecule has 0 saturated heterocycles. The third-order valence-corrected chi connectivity index (χ3v) is 3.44. The van der Waals surface area contributed by atoms with Crippen molar-refractivity contribution >= 4 is 26.8 Å². The molecular formula is C11H8N2O2Se. The van der Waals surface area contributed by atoms with Gasteiger partial charge in [-0.2, -0.15) is 0 Å². The van der Waals surface area contributed by atoms with E-state index >= 15 is 0 Å². The van der Waals surface area contributed by atoms with Gasteiger partial charge in [-0.25, -0.2) is 0 Å². The van der Waals surface area contributed by atoms with Crippen molar-refractivity contribution < 1.29 is 9.59 Å². The van der Waals surface area contributed by atoms with Gasteiger partial charge in [0, 0.05) is 0 Å². The molecule has 1 aromatic carbocycles. The second kappa shape index (κ2) is 4.48. The Morgan fingerprint density at radius 1 is 1.19 bits per heavy atom. The minimum atomic E-state index is -0.241. The molecule has 0 fully saturated rings. The molecule has 0 radical (unpaired) electrons. The molecule has 1 aliphatic rings. The summed E-state index contributed by atoms with van der Waals surface area (Å²) in [4.78, 5) is 26.9. The molecule has 5 heteroatoms. The first kappa shape index (κ1) is 10.9. The van der Waals surface area contributed by atoms with Crippen LogP contribution in [0.3, 0.4) is 0 Å². The standard InChI is InChI=1S/C11H8N2O2Se/c12-7-16-6-5-13-10(14)8-3-1-2-4-9(8)11(13)15/h1-4H,5-6H2. The maximum absolute atomic E-state index is 11.8. The van der Waals surface area contributed by atoms with E-state index in [-0.39, 0.29) is 26.8 Å². The number of imide groups is 1. The molecule has 0 saturated carbocycles.